The number of hydrogen-bond donors (Lipinski definition) is 1. The van der Waals surface area contributed by atoms with Crippen LogP contribution in [-0.4, -0.2) is 50.4 Å². The van der Waals surface area contributed by atoms with Crippen LogP contribution in [0.15, 0.2) is 46.0 Å². The van der Waals surface area contributed by atoms with Crippen LogP contribution in [0.3, 0.4) is 0 Å². The summed E-state index contributed by atoms with van der Waals surface area (Å²) in [6.45, 7) is 2.29. The van der Waals surface area contributed by atoms with Crippen LogP contribution in [0.25, 0.3) is 0 Å². The van der Waals surface area contributed by atoms with Gasteiger partial charge in [0.1, 0.15) is 5.82 Å². The quantitative estimate of drug-likeness (QED) is 0.862. The van der Waals surface area contributed by atoms with Crippen molar-refractivity contribution in [2.45, 2.75) is 5.09 Å². The van der Waals surface area contributed by atoms with E-state index in [0.29, 0.717) is 26.2 Å². The number of carbonyl (C=O) groups excluding carboxylic acids is 1. The molecular weight excluding hydrogens is 320 g/mol. The van der Waals surface area contributed by atoms with Gasteiger partial charge in [-0.25, -0.2) is 18.5 Å². The molecule has 122 valence electrons. The standard InChI is InChI=1S/C14H16N4O4S/c15-23(20,21)13-5-4-11(22-13)14(19)18-9-7-17(8-10-18)12-3-1-2-6-16-12/h1-6H,7-10H2,(H2,15,20,21). The summed E-state index contributed by atoms with van der Waals surface area (Å²) < 4.78 is 27.4. The monoisotopic (exact) mass is 336 g/mol. The van der Waals surface area contributed by atoms with Crippen molar-refractivity contribution >= 4 is 21.7 Å². The second kappa shape index (κ2) is 6.01. The van der Waals surface area contributed by atoms with Gasteiger partial charge in [0.05, 0.1) is 0 Å². The first-order valence-corrected chi connectivity index (χ1v) is 8.58. The summed E-state index contributed by atoms with van der Waals surface area (Å²) in [5.74, 6) is 0.495. The molecule has 0 saturated carbocycles. The maximum absolute atomic E-state index is 12.3. The average Bonchev–Trinajstić information content (AvgIpc) is 3.05. The van der Waals surface area contributed by atoms with Gasteiger partial charge in [-0.2, -0.15) is 0 Å². The van der Waals surface area contributed by atoms with Gasteiger partial charge in [0.25, 0.3) is 15.9 Å². The molecule has 0 unspecified atom stereocenters. The summed E-state index contributed by atoms with van der Waals surface area (Å²) in [7, 11) is -3.94. The Morgan fingerprint density at radius 3 is 2.43 bits per heavy atom. The number of furan rings is 1. The lowest BCUT2D eigenvalue weighted by Crippen LogP contribution is -2.49. The van der Waals surface area contributed by atoms with Gasteiger partial charge in [0, 0.05) is 32.4 Å². The maximum atomic E-state index is 12.3. The molecule has 1 saturated heterocycles. The van der Waals surface area contributed by atoms with Crippen LogP contribution in [0.5, 0.6) is 0 Å². The van der Waals surface area contributed by atoms with Gasteiger partial charge >= 0.3 is 0 Å². The lowest BCUT2D eigenvalue weighted by molar-refractivity contribution is 0.0708. The molecule has 2 aromatic heterocycles. The highest BCUT2D eigenvalue weighted by atomic mass is 32.2. The van der Waals surface area contributed by atoms with E-state index in [0.717, 1.165) is 5.82 Å². The third-order valence-electron chi connectivity index (χ3n) is 3.61. The Hall–Kier alpha value is -2.39. The number of hydrogen-bond acceptors (Lipinski definition) is 6. The van der Waals surface area contributed by atoms with Gasteiger partial charge in [0.15, 0.2) is 5.76 Å². The highest BCUT2D eigenvalue weighted by Crippen LogP contribution is 2.17. The molecule has 3 rings (SSSR count). The van der Waals surface area contributed by atoms with Crippen LogP contribution < -0.4 is 10.0 Å². The number of anilines is 1. The van der Waals surface area contributed by atoms with Crippen molar-refractivity contribution in [1.82, 2.24) is 9.88 Å². The number of nitrogens with zero attached hydrogens (tertiary/aromatic N) is 3. The molecular formula is C14H16N4O4S. The van der Waals surface area contributed by atoms with E-state index in [2.05, 4.69) is 9.88 Å². The number of primary sulfonamides is 1. The Kier molecular flexibility index (Phi) is 4.05. The molecule has 0 radical (unpaired) electrons. The molecule has 0 bridgehead atoms. The lowest BCUT2D eigenvalue weighted by Gasteiger charge is -2.34. The third kappa shape index (κ3) is 3.35. The summed E-state index contributed by atoms with van der Waals surface area (Å²) >= 11 is 0. The highest BCUT2D eigenvalue weighted by molar-refractivity contribution is 7.89. The molecule has 0 aliphatic carbocycles. The summed E-state index contributed by atoms with van der Waals surface area (Å²) in [4.78, 5) is 20.3. The number of sulfonamides is 1. The Labute approximate surface area is 133 Å². The molecule has 0 aromatic carbocycles. The molecule has 9 heteroatoms. The Balaban J connectivity index is 1.66. The van der Waals surface area contributed by atoms with Crippen molar-refractivity contribution in [2.24, 2.45) is 5.14 Å². The van der Waals surface area contributed by atoms with Gasteiger partial charge in [-0.05, 0) is 24.3 Å². The van der Waals surface area contributed by atoms with Gasteiger partial charge in [-0.1, -0.05) is 6.07 Å². The molecule has 1 aliphatic heterocycles. The van der Waals surface area contributed by atoms with Crippen LogP contribution in [0.1, 0.15) is 10.6 Å². The topological polar surface area (TPSA) is 110 Å². The number of nitrogens with two attached hydrogens (primary N) is 1. The second-order valence-corrected chi connectivity index (χ2v) is 6.62. The number of piperazine rings is 1. The van der Waals surface area contributed by atoms with Crippen molar-refractivity contribution in [1.29, 1.82) is 0 Å². The number of carbonyl (C=O) groups is 1. The molecule has 2 N–H and O–H groups in total. The highest BCUT2D eigenvalue weighted by Gasteiger charge is 2.26. The number of amides is 1. The fourth-order valence-electron chi connectivity index (χ4n) is 2.42. The fraction of sp³-hybridized carbons (Fsp3) is 0.286. The zero-order chi connectivity index (χ0) is 16.4. The number of pyridine rings is 1. The van der Waals surface area contributed by atoms with E-state index < -0.39 is 15.1 Å². The van der Waals surface area contributed by atoms with Crippen molar-refractivity contribution in [3.05, 3.63) is 42.3 Å². The SMILES string of the molecule is NS(=O)(=O)c1ccc(C(=O)N2CCN(c3ccccn3)CC2)o1. The van der Waals surface area contributed by atoms with Gasteiger partial charge in [-0.15, -0.1) is 0 Å². The van der Waals surface area contributed by atoms with E-state index in [-0.39, 0.29) is 11.7 Å². The van der Waals surface area contributed by atoms with E-state index in [1.54, 1.807) is 11.1 Å². The first-order valence-electron chi connectivity index (χ1n) is 7.03. The van der Waals surface area contributed by atoms with Crippen LogP contribution >= 0.6 is 0 Å². The number of rotatable bonds is 3. The minimum atomic E-state index is -3.94. The smallest absolute Gasteiger partial charge is 0.289 e. The Bertz CT molecular complexity index is 795. The first kappa shape index (κ1) is 15.5. The van der Waals surface area contributed by atoms with E-state index in [9.17, 15) is 13.2 Å². The normalized spacial score (nSPS) is 15.7. The molecule has 23 heavy (non-hydrogen) atoms. The van der Waals surface area contributed by atoms with Crippen LogP contribution in [0, 0.1) is 0 Å². The molecule has 1 fully saturated rings. The molecule has 0 atom stereocenters. The van der Waals surface area contributed by atoms with Crippen LogP contribution in [0.2, 0.25) is 0 Å². The lowest BCUT2D eigenvalue weighted by atomic mass is 10.2. The maximum Gasteiger partial charge on any atom is 0.289 e. The largest absolute Gasteiger partial charge is 0.438 e. The van der Waals surface area contributed by atoms with E-state index >= 15 is 0 Å². The van der Waals surface area contributed by atoms with E-state index in [1.807, 2.05) is 18.2 Å². The zero-order valence-corrected chi connectivity index (χ0v) is 13.1. The predicted molar refractivity (Wildman–Crippen MR) is 82.4 cm³/mol. The van der Waals surface area contributed by atoms with Crippen molar-refractivity contribution in [3.8, 4) is 0 Å². The molecule has 2 aromatic rings. The van der Waals surface area contributed by atoms with E-state index in [4.69, 9.17) is 9.56 Å². The summed E-state index contributed by atoms with van der Waals surface area (Å²) in [6, 6.07) is 8.20. The van der Waals surface area contributed by atoms with Gasteiger partial charge in [0.2, 0.25) is 5.09 Å². The minimum absolute atomic E-state index is 0.0275. The average molecular weight is 336 g/mol. The molecule has 8 nitrogen and oxygen atoms in total. The molecule has 1 aliphatic rings. The van der Waals surface area contributed by atoms with Gasteiger partial charge in [-0.3, -0.25) is 4.79 Å². The summed E-state index contributed by atoms with van der Waals surface area (Å²) in [6.07, 6.45) is 1.73. The fourth-order valence-corrected chi connectivity index (χ4v) is 2.89. The second-order valence-electron chi connectivity index (χ2n) is 5.13. The Morgan fingerprint density at radius 1 is 1.13 bits per heavy atom. The van der Waals surface area contributed by atoms with Gasteiger partial charge < -0.3 is 14.2 Å². The van der Waals surface area contributed by atoms with E-state index in [1.165, 1.54) is 12.1 Å². The molecule has 3 heterocycles. The number of aromatic nitrogens is 1. The third-order valence-corrected chi connectivity index (χ3v) is 4.39. The van der Waals surface area contributed by atoms with Crippen molar-refractivity contribution in [3.63, 3.8) is 0 Å². The first-order chi connectivity index (χ1) is 10.9. The van der Waals surface area contributed by atoms with Crippen molar-refractivity contribution < 1.29 is 17.6 Å². The van der Waals surface area contributed by atoms with Crippen LogP contribution in [0.4, 0.5) is 5.82 Å². The molecule has 0 spiro atoms. The minimum Gasteiger partial charge on any atom is -0.438 e. The van der Waals surface area contributed by atoms with Crippen molar-refractivity contribution in [2.75, 3.05) is 31.1 Å². The molecule has 1 amide bonds. The summed E-state index contributed by atoms with van der Waals surface area (Å²) in [5.41, 5.74) is 0. The Morgan fingerprint density at radius 2 is 1.87 bits per heavy atom. The summed E-state index contributed by atoms with van der Waals surface area (Å²) in [5, 5.41) is 4.56. The predicted octanol–water partition coefficient (Wildman–Crippen LogP) is 0.284. The zero-order valence-electron chi connectivity index (χ0n) is 12.3. The van der Waals surface area contributed by atoms with Crippen LogP contribution in [-0.2, 0) is 10.0 Å².